The summed E-state index contributed by atoms with van der Waals surface area (Å²) in [5.74, 6) is 0.0172. The van der Waals surface area contributed by atoms with Crippen LogP contribution >= 0.6 is 12.4 Å². The third kappa shape index (κ3) is 4.95. The number of hydrogen-bond acceptors (Lipinski definition) is 3. The molecule has 1 aromatic rings. The Morgan fingerprint density at radius 1 is 1.12 bits per heavy atom. The highest BCUT2D eigenvalue weighted by molar-refractivity contribution is 5.97. The van der Waals surface area contributed by atoms with Crippen LogP contribution in [0.2, 0.25) is 0 Å². The van der Waals surface area contributed by atoms with E-state index in [-0.39, 0.29) is 36.2 Å². The number of carbonyl (C=O) groups is 2. The summed E-state index contributed by atoms with van der Waals surface area (Å²) in [5, 5.41) is 6.08. The van der Waals surface area contributed by atoms with Crippen molar-refractivity contribution < 1.29 is 9.59 Å². The van der Waals surface area contributed by atoms with E-state index in [0.29, 0.717) is 11.6 Å². The van der Waals surface area contributed by atoms with E-state index in [1.165, 1.54) is 12.8 Å². The first kappa shape index (κ1) is 19.7. The van der Waals surface area contributed by atoms with E-state index in [9.17, 15) is 9.59 Å². The third-order valence-electron chi connectivity index (χ3n) is 5.28. The van der Waals surface area contributed by atoms with Gasteiger partial charge in [-0.15, -0.1) is 12.4 Å². The Balaban J connectivity index is 0.00000225. The third-order valence-corrected chi connectivity index (χ3v) is 5.28. The summed E-state index contributed by atoms with van der Waals surface area (Å²) in [7, 11) is 0. The molecule has 1 aromatic carbocycles. The summed E-state index contributed by atoms with van der Waals surface area (Å²) in [6.45, 7) is 1.92. The molecule has 0 spiro atoms. The van der Waals surface area contributed by atoms with Crippen LogP contribution in [0.4, 0.5) is 5.69 Å². The first-order valence-electron chi connectivity index (χ1n) is 9.01. The largest absolute Gasteiger partial charge is 0.349 e. The molecule has 2 fully saturated rings. The van der Waals surface area contributed by atoms with Crippen molar-refractivity contribution in [1.82, 2.24) is 5.32 Å². The summed E-state index contributed by atoms with van der Waals surface area (Å²) < 4.78 is 0. The van der Waals surface area contributed by atoms with Gasteiger partial charge in [-0.05, 0) is 62.8 Å². The number of aryl methyl sites for hydroxylation is 1. The maximum Gasteiger partial charge on any atom is 0.251 e. The molecule has 2 amide bonds. The monoisotopic (exact) mass is 365 g/mol. The smallest absolute Gasteiger partial charge is 0.251 e. The van der Waals surface area contributed by atoms with Gasteiger partial charge in [0.1, 0.15) is 0 Å². The van der Waals surface area contributed by atoms with Gasteiger partial charge >= 0.3 is 0 Å². The lowest BCUT2D eigenvalue weighted by atomic mass is 10.1. The molecule has 2 atom stereocenters. The Morgan fingerprint density at radius 2 is 1.84 bits per heavy atom. The summed E-state index contributed by atoms with van der Waals surface area (Å²) >= 11 is 0. The van der Waals surface area contributed by atoms with E-state index in [1.807, 2.05) is 19.1 Å². The quantitative estimate of drug-likeness (QED) is 0.766. The second kappa shape index (κ2) is 8.68. The summed E-state index contributed by atoms with van der Waals surface area (Å²) in [5.41, 5.74) is 8.22. The first-order chi connectivity index (χ1) is 11.5. The molecule has 138 valence electrons. The van der Waals surface area contributed by atoms with Crippen molar-refractivity contribution in [1.29, 1.82) is 0 Å². The van der Waals surface area contributed by atoms with Crippen LogP contribution < -0.4 is 16.4 Å². The Labute approximate surface area is 155 Å². The Bertz CT molecular complexity index is 629. The number of anilines is 1. The van der Waals surface area contributed by atoms with Crippen LogP contribution in [0.5, 0.6) is 0 Å². The van der Waals surface area contributed by atoms with Crippen LogP contribution in [0.3, 0.4) is 0 Å². The van der Waals surface area contributed by atoms with Crippen LogP contribution in [0.25, 0.3) is 0 Å². The summed E-state index contributed by atoms with van der Waals surface area (Å²) in [6, 6.07) is 5.91. The number of nitrogens with two attached hydrogens (primary N) is 1. The molecule has 0 saturated heterocycles. The number of halogens is 1. The molecule has 0 aliphatic heterocycles. The van der Waals surface area contributed by atoms with Gasteiger partial charge in [-0.2, -0.15) is 0 Å². The SMILES string of the molecule is Cc1cc(C(=O)NC2CCCC2)ccc1NC(=O)C1CCC(N)C1.Cl. The van der Waals surface area contributed by atoms with E-state index in [4.69, 9.17) is 5.73 Å². The van der Waals surface area contributed by atoms with Gasteiger partial charge in [-0.25, -0.2) is 0 Å². The molecule has 2 aliphatic carbocycles. The number of hydrogen-bond donors (Lipinski definition) is 3. The lowest BCUT2D eigenvalue weighted by molar-refractivity contribution is -0.119. The summed E-state index contributed by atoms with van der Waals surface area (Å²) in [6.07, 6.45) is 7.06. The van der Waals surface area contributed by atoms with Crippen molar-refractivity contribution in [3.8, 4) is 0 Å². The number of nitrogens with one attached hydrogen (secondary N) is 2. The molecular weight excluding hydrogens is 338 g/mol. The van der Waals surface area contributed by atoms with Crippen molar-refractivity contribution in [2.75, 3.05) is 5.32 Å². The second-order valence-electron chi connectivity index (χ2n) is 7.24. The Kier molecular flexibility index (Phi) is 6.85. The standard InChI is InChI=1S/C19H27N3O2.ClH/c1-12-10-13(18(23)21-16-4-2-3-5-16)7-9-17(12)22-19(24)14-6-8-15(20)11-14;/h7,9-10,14-16H,2-6,8,11,20H2,1H3,(H,21,23)(H,22,24);1H. The van der Waals surface area contributed by atoms with Gasteiger partial charge in [-0.3, -0.25) is 9.59 Å². The molecule has 25 heavy (non-hydrogen) atoms. The Morgan fingerprint density at radius 3 is 2.44 bits per heavy atom. The van der Waals surface area contributed by atoms with Crippen LogP contribution in [0, 0.1) is 12.8 Å². The fourth-order valence-corrected chi connectivity index (χ4v) is 3.77. The minimum atomic E-state index is -0.0235. The van der Waals surface area contributed by atoms with Crippen molar-refractivity contribution >= 4 is 29.9 Å². The average molecular weight is 366 g/mol. The van der Waals surface area contributed by atoms with Gasteiger partial charge in [0, 0.05) is 29.3 Å². The van der Waals surface area contributed by atoms with Crippen LogP contribution in [0.15, 0.2) is 18.2 Å². The molecule has 5 nitrogen and oxygen atoms in total. The fourth-order valence-electron chi connectivity index (χ4n) is 3.77. The molecule has 2 aliphatic rings. The normalized spacial score (nSPS) is 23.1. The van der Waals surface area contributed by atoms with E-state index >= 15 is 0 Å². The minimum absolute atomic E-state index is 0. The second-order valence-corrected chi connectivity index (χ2v) is 7.24. The van der Waals surface area contributed by atoms with Crippen molar-refractivity contribution in [2.45, 2.75) is 64.0 Å². The highest BCUT2D eigenvalue weighted by Crippen LogP contribution is 2.26. The average Bonchev–Trinajstić information content (AvgIpc) is 3.20. The highest BCUT2D eigenvalue weighted by Gasteiger charge is 2.28. The zero-order valence-electron chi connectivity index (χ0n) is 14.7. The lowest BCUT2D eigenvalue weighted by Gasteiger charge is -2.15. The molecule has 4 N–H and O–H groups in total. The molecule has 0 radical (unpaired) electrons. The van der Waals surface area contributed by atoms with Gasteiger partial charge in [0.2, 0.25) is 5.91 Å². The molecule has 0 bridgehead atoms. The first-order valence-corrected chi connectivity index (χ1v) is 9.01. The zero-order valence-corrected chi connectivity index (χ0v) is 15.5. The number of benzene rings is 1. The topological polar surface area (TPSA) is 84.2 Å². The molecule has 6 heteroatoms. The fraction of sp³-hybridized carbons (Fsp3) is 0.579. The zero-order chi connectivity index (χ0) is 17.1. The van der Waals surface area contributed by atoms with E-state index in [1.54, 1.807) is 6.07 Å². The van der Waals surface area contributed by atoms with Gasteiger partial charge in [0.15, 0.2) is 0 Å². The van der Waals surface area contributed by atoms with E-state index < -0.39 is 0 Å². The molecule has 2 unspecified atom stereocenters. The van der Waals surface area contributed by atoms with Gasteiger partial charge in [-0.1, -0.05) is 12.8 Å². The lowest BCUT2D eigenvalue weighted by Crippen LogP contribution is -2.32. The molecule has 2 saturated carbocycles. The van der Waals surface area contributed by atoms with Crippen LogP contribution in [0.1, 0.15) is 60.9 Å². The van der Waals surface area contributed by atoms with E-state index in [2.05, 4.69) is 10.6 Å². The maximum atomic E-state index is 12.3. The predicted molar refractivity (Wildman–Crippen MR) is 102 cm³/mol. The van der Waals surface area contributed by atoms with Crippen molar-refractivity contribution in [3.63, 3.8) is 0 Å². The van der Waals surface area contributed by atoms with Gasteiger partial charge < -0.3 is 16.4 Å². The Hall–Kier alpha value is -1.59. The van der Waals surface area contributed by atoms with Gasteiger partial charge in [0.25, 0.3) is 5.91 Å². The molecule has 0 heterocycles. The van der Waals surface area contributed by atoms with Gasteiger partial charge in [0.05, 0.1) is 0 Å². The van der Waals surface area contributed by atoms with Crippen molar-refractivity contribution in [2.24, 2.45) is 11.7 Å². The van der Waals surface area contributed by atoms with Crippen molar-refractivity contribution in [3.05, 3.63) is 29.3 Å². The summed E-state index contributed by atoms with van der Waals surface area (Å²) in [4.78, 5) is 24.6. The minimum Gasteiger partial charge on any atom is -0.349 e. The predicted octanol–water partition coefficient (Wildman–Crippen LogP) is 3.16. The maximum absolute atomic E-state index is 12.3. The number of carbonyl (C=O) groups excluding carboxylic acids is 2. The van der Waals surface area contributed by atoms with Crippen LogP contribution in [-0.4, -0.2) is 23.9 Å². The number of amides is 2. The molecule has 0 aromatic heterocycles. The van der Waals surface area contributed by atoms with Crippen LogP contribution in [-0.2, 0) is 4.79 Å². The highest BCUT2D eigenvalue weighted by atomic mass is 35.5. The molecule has 3 rings (SSSR count). The molecular formula is C19H28ClN3O2. The number of rotatable bonds is 4. The van der Waals surface area contributed by atoms with E-state index in [0.717, 1.165) is 43.4 Å².